The van der Waals surface area contributed by atoms with Crippen molar-refractivity contribution in [2.24, 2.45) is 0 Å². The third-order valence-electron chi connectivity index (χ3n) is 4.10. The number of nitrogens with one attached hydrogen (secondary N) is 2. The lowest BCUT2D eigenvalue weighted by Crippen LogP contribution is -2.26. The summed E-state index contributed by atoms with van der Waals surface area (Å²) in [7, 11) is 0. The Morgan fingerprint density at radius 2 is 1.85 bits per heavy atom. The number of hydrogen-bond donors (Lipinski definition) is 2. The van der Waals surface area contributed by atoms with E-state index in [4.69, 9.17) is 11.6 Å². The van der Waals surface area contributed by atoms with Crippen LogP contribution in [0.25, 0.3) is 11.4 Å². The van der Waals surface area contributed by atoms with Gasteiger partial charge in [0.05, 0.1) is 5.02 Å². The topological polar surface area (TPSA) is 66.9 Å². The first-order valence-electron chi connectivity index (χ1n) is 8.56. The molecule has 4 rings (SSSR count). The molecule has 0 saturated heterocycles. The van der Waals surface area contributed by atoms with Crippen molar-refractivity contribution in [3.05, 3.63) is 71.1 Å². The lowest BCUT2D eigenvalue weighted by Gasteiger charge is -2.11. The highest BCUT2D eigenvalue weighted by atomic mass is 35.5. The van der Waals surface area contributed by atoms with E-state index >= 15 is 0 Å². The van der Waals surface area contributed by atoms with E-state index in [1.54, 1.807) is 12.1 Å². The molecule has 1 heterocycles. The van der Waals surface area contributed by atoms with Crippen LogP contribution in [-0.2, 0) is 0 Å². The fourth-order valence-electron chi connectivity index (χ4n) is 2.55. The summed E-state index contributed by atoms with van der Waals surface area (Å²) in [4.78, 5) is 21.4. The third-order valence-corrected chi connectivity index (χ3v) is 4.38. The maximum atomic E-state index is 13.4. The maximum Gasteiger partial charge on any atom is 0.270 e. The van der Waals surface area contributed by atoms with Crippen LogP contribution in [0.3, 0.4) is 0 Å². The highest BCUT2D eigenvalue weighted by molar-refractivity contribution is 6.31. The molecule has 1 amide bonds. The fraction of sp³-hybridized carbons (Fsp3) is 0.150. The summed E-state index contributed by atoms with van der Waals surface area (Å²) in [6.07, 6.45) is 1.98. The summed E-state index contributed by atoms with van der Waals surface area (Å²) >= 11 is 5.84. The van der Waals surface area contributed by atoms with Crippen molar-refractivity contribution in [2.75, 3.05) is 5.32 Å². The molecule has 27 heavy (non-hydrogen) atoms. The van der Waals surface area contributed by atoms with E-state index in [9.17, 15) is 9.18 Å². The molecule has 0 spiro atoms. The van der Waals surface area contributed by atoms with Crippen LogP contribution >= 0.6 is 11.6 Å². The first-order chi connectivity index (χ1) is 13.1. The molecule has 0 bridgehead atoms. The number of anilines is 2. The summed E-state index contributed by atoms with van der Waals surface area (Å²) in [6, 6.07) is 15.5. The van der Waals surface area contributed by atoms with Gasteiger partial charge in [0.15, 0.2) is 5.82 Å². The molecule has 136 valence electrons. The Morgan fingerprint density at radius 1 is 1.07 bits per heavy atom. The van der Waals surface area contributed by atoms with Gasteiger partial charge in [-0.15, -0.1) is 0 Å². The number of benzene rings is 2. The minimum atomic E-state index is -0.501. The zero-order valence-electron chi connectivity index (χ0n) is 14.2. The summed E-state index contributed by atoms with van der Waals surface area (Å²) in [5.74, 6) is 0.110. The number of carbonyl (C=O) groups is 1. The molecule has 1 aliphatic carbocycles. The molecule has 0 radical (unpaired) electrons. The van der Waals surface area contributed by atoms with E-state index < -0.39 is 5.82 Å². The number of nitrogens with zero attached hydrogens (tertiary/aromatic N) is 2. The molecular formula is C20H16ClFN4O. The van der Waals surface area contributed by atoms with E-state index in [2.05, 4.69) is 20.6 Å². The molecule has 3 aromatic rings. The Morgan fingerprint density at radius 3 is 2.56 bits per heavy atom. The van der Waals surface area contributed by atoms with Crippen molar-refractivity contribution in [1.29, 1.82) is 0 Å². The second-order valence-electron chi connectivity index (χ2n) is 6.33. The minimum Gasteiger partial charge on any atom is -0.348 e. The highest BCUT2D eigenvalue weighted by Gasteiger charge is 2.25. The number of rotatable bonds is 5. The molecule has 5 nitrogen and oxygen atoms in total. The second-order valence-corrected chi connectivity index (χ2v) is 6.74. The Hall–Kier alpha value is -2.99. The van der Waals surface area contributed by atoms with Gasteiger partial charge in [0.2, 0.25) is 0 Å². The van der Waals surface area contributed by atoms with Crippen LogP contribution in [-0.4, -0.2) is 21.9 Å². The van der Waals surface area contributed by atoms with Crippen molar-refractivity contribution >= 4 is 29.0 Å². The second kappa shape index (κ2) is 7.32. The van der Waals surface area contributed by atoms with Gasteiger partial charge in [-0.2, -0.15) is 0 Å². The Labute approximate surface area is 160 Å². The molecule has 0 aliphatic heterocycles. The van der Waals surface area contributed by atoms with Crippen LogP contribution in [0.15, 0.2) is 54.6 Å². The molecule has 1 fully saturated rings. The average Bonchev–Trinajstić information content (AvgIpc) is 3.49. The van der Waals surface area contributed by atoms with Crippen LogP contribution in [0.5, 0.6) is 0 Å². The predicted molar refractivity (Wildman–Crippen MR) is 103 cm³/mol. The number of hydrogen-bond acceptors (Lipinski definition) is 4. The Bertz CT molecular complexity index is 993. The van der Waals surface area contributed by atoms with E-state index in [-0.39, 0.29) is 22.7 Å². The SMILES string of the molecule is O=C(NC1CC1)c1cc(Nc2ccc(F)c(Cl)c2)nc(-c2ccccc2)n1. The molecule has 0 unspecified atom stereocenters. The number of amides is 1. The van der Waals surface area contributed by atoms with Gasteiger partial charge in [-0.05, 0) is 31.0 Å². The van der Waals surface area contributed by atoms with Gasteiger partial charge in [-0.1, -0.05) is 41.9 Å². The molecule has 1 saturated carbocycles. The minimum absolute atomic E-state index is 0.00374. The van der Waals surface area contributed by atoms with Gasteiger partial charge >= 0.3 is 0 Å². The van der Waals surface area contributed by atoms with E-state index in [0.717, 1.165) is 18.4 Å². The monoisotopic (exact) mass is 382 g/mol. The summed E-state index contributed by atoms with van der Waals surface area (Å²) in [5.41, 5.74) is 1.62. The van der Waals surface area contributed by atoms with Gasteiger partial charge in [-0.3, -0.25) is 4.79 Å². The first-order valence-corrected chi connectivity index (χ1v) is 8.94. The molecular weight excluding hydrogens is 367 g/mol. The fourth-order valence-corrected chi connectivity index (χ4v) is 2.73. The van der Waals surface area contributed by atoms with Crippen LogP contribution in [0, 0.1) is 5.82 Å². The van der Waals surface area contributed by atoms with Gasteiger partial charge in [0.1, 0.15) is 17.3 Å². The summed E-state index contributed by atoms with van der Waals surface area (Å²) in [5, 5.41) is 6.00. The largest absolute Gasteiger partial charge is 0.348 e. The van der Waals surface area contributed by atoms with Crippen LogP contribution in [0.4, 0.5) is 15.9 Å². The predicted octanol–water partition coefficient (Wildman–Crippen LogP) is 4.57. The standard InChI is InChI=1S/C20H16ClFN4O/c21-15-10-14(8-9-16(15)22)23-18-11-17(20(27)24-13-6-7-13)25-19(26-18)12-4-2-1-3-5-12/h1-5,8-11,13H,6-7H2,(H,24,27)(H,23,25,26). The van der Waals surface area contributed by atoms with Crippen LogP contribution in [0.2, 0.25) is 5.02 Å². The normalized spacial score (nSPS) is 13.3. The van der Waals surface area contributed by atoms with E-state index in [1.165, 1.54) is 12.1 Å². The van der Waals surface area contributed by atoms with Crippen LogP contribution in [0.1, 0.15) is 23.3 Å². The van der Waals surface area contributed by atoms with E-state index in [0.29, 0.717) is 17.3 Å². The van der Waals surface area contributed by atoms with Gasteiger partial charge in [-0.25, -0.2) is 14.4 Å². The molecule has 1 aromatic heterocycles. The first kappa shape index (κ1) is 17.4. The number of carbonyl (C=O) groups excluding carboxylic acids is 1. The summed E-state index contributed by atoms with van der Waals surface area (Å²) in [6.45, 7) is 0. The van der Waals surface area contributed by atoms with Gasteiger partial charge in [0, 0.05) is 23.4 Å². The molecule has 7 heteroatoms. The smallest absolute Gasteiger partial charge is 0.270 e. The zero-order chi connectivity index (χ0) is 18.8. The molecule has 2 N–H and O–H groups in total. The van der Waals surface area contributed by atoms with Crippen molar-refractivity contribution in [2.45, 2.75) is 18.9 Å². The lowest BCUT2D eigenvalue weighted by molar-refractivity contribution is 0.0946. The quantitative estimate of drug-likeness (QED) is 0.678. The lowest BCUT2D eigenvalue weighted by atomic mass is 10.2. The Balaban J connectivity index is 1.70. The maximum absolute atomic E-state index is 13.4. The van der Waals surface area contributed by atoms with E-state index in [1.807, 2.05) is 30.3 Å². The number of halogens is 2. The third kappa shape index (κ3) is 4.23. The van der Waals surface area contributed by atoms with Crippen LogP contribution < -0.4 is 10.6 Å². The van der Waals surface area contributed by atoms with Crippen molar-refractivity contribution in [1.82, 2.24) is 15.3 Å². The highest BCUT2D eigenvalue weighted by Crippen LogP contribution is 2.25. The molecule has 0 atom stereocenters. The van der Waals surface area contributed by atoms with Crippen molar-refractivity contribution in [3.8, 4) is 11.4 Å². The van der Waals surface area contributed by atoms with Gasteiger partial charge < -0.3 is 10.6 Å². The molecule has 2 aromatic carbocycles. The molecule has 1 aliphatic rings. The zero-order valence-corrected chi connectivity index (χ0v) is 15.0. The van der Waals surface area contributed by atoms with Crippen molar-refractivity contribution < 1.29 is 9.18 Å². The van der Waals surface area contributed by atoms with Gasteiger partial charge in [0.25, 0.3) is 5.91 Å². The summed E-state index contributed by atoms with van der Waals surface area (Å²) < 4.78 is 13.4. The number of aromatic nitrogens is 2. The average molecular weight is 383 g/mol. The van der Waals surface area contributed by atoms with Crippen molar-refractivity contribution in [3.63, 3.8) is 0 Å². The Kier molecular flexibility index (Phi) is 4.73.